The van der Waals surface area contributed by atoms with Gasteiger partial charge in [-0.1, -0.05) is 0 Å². The number of halogens is 1. The predicted octanol–water partition coefficient (Wildman–Crippen LogP) is 1.89. The third kappa shape index (κ3) is 3.08. The summed E-state index contributed by atoms with van der Waals surface area (Å²) >= 11 is 0. The van der Waals surface area contributed by atoms with E-state index >= 15 is 0 Å². The third-order valence-corrected chi connectivity index (χ3v) is 3.44. The summed E-state index contributed by atoms with van der Waals surface area (Å²) < 4.78 is 5.38. The first-order valence-corrected chi connectivity index (χ1v) is 5.68. The second-order valence-electron chi connectivity index (χ2n) is 4.45. The molecule has 88 valence electrons. The van der Waals surface area contributed by atoms with Crippen LogP contribution in [0.4, 0.5) is 0 Å². The molecule has 1 aliphatic carbocycles. The highest BCUT2D eigenvalue weighted by Crippen LogP contribution is 2.32. The Morgan fingerprint density at radius 2 is 2.07 bits per heavy atom. The van der Waals surface area contributed by atoms with E-state index in [0.29, 0.717) is 12.0 Å². The lowest BCUT2D eigenvalue weighted by molar-refractivity contribution is -0.152. The monoisotopic (exact) mass is 233 g/mol. The van der Waals surface area contributed by atoms with Crippen LogP contribution in [0.15, 0.2) is 0 Å². The summed E-state index contributed by atoms with van der Waals surface area (Å²) in [6.45, 7) is 2.65. The first kappa shape index (κ1) is 12.8. The zero-order valence-electron chi connectivity index (χ0n) is 9.20. The normalized spacial score (nSPS) is 34.9. The van der Waals surface area contributed by atoms with Crippen molar-refractivity contribution < 1.29 is 9.53 Å². The van der Waals surface area contributed by atoms with Crippen molar-refractivity contribution in [3.05, 3.63) is 0 Å². The molecule has 0 bridgehead atoms. The van der Waals surface area contributed by atoms with Gasteiger partial charge in [0, 0.05) is 18.9 Å². The van der Waals surface area contributed by atoms with Crippen LogP contribution in [-0.4, -0.2) is 24.7 Å². The van der Waals surface area contributed by atoms with Crippen LogP contribution in [0, 0.1) is 5.92 Å². The van der Waals surface area contributed by atoms with Crippen molar-refractivity contribution in [3.63, 3.8) is 0 Å². The lowest BCUT2D eigenvalue weighted by Crippen LogP contribution is -2.49. The number of rotatable bonds is 1. The summed E-state index contributed by atoms with van der Waals surface area (Å²) in [7, 11) is 0. The van der Waals surface area contributed by atoms with E-state index < -0.39 is 0 Å². The molecule has 3 nitrogen and oxygen atoms in total. The number of hydrogen-bond donors (Lipinski definition) is 1. The van der Waals surface area contributed by atoms with Crippen LogP contribution < -0.4 is 5.32 Å². The van der Waals surface area contributed by atoms with E-state index in [4.69, 9.17) is 4.74 Å². The summed E-state index contributed by atoms with van der Waals surface area (Å²) in [5.41, 5.74) is 0. The molecule has 15 heavy (non-hydrogen) atoms. The molecule has 1 aliphatic heterocycles. The maximum atomic E-state index is 10.9. The number of carbonyl (C=O) groups is 1. The highest BCUT2D eigenvalue weighted by atomic mass is 35.5. The molecule has 3 unspecified atom stereocenters. The molecular formula is C11H20ClNO2. The van der Waals surface area contributed by atoms with Crippen LogP contribution in [-0.2, 0) is 9.53 Å². The molecule has 0 aromatic carbocycles. The first-order valence-electron chi connectivity index (χ1n) is 5.68. The molecule has 0 radical (unpaired) electrons. The van der Waals surface area contributed by atoms with Crippen LogP contribution >= 0.6 is 12.4 Å². The molecule has 0 aromatic rings. The van der Waals surface area contributed by atoms with E-state index in [9.17, 15) is 4.79 Å². The number of fused-ring (bicyclic) bond motifs is 1. The fourth-order valence-electron chi connectivity index (χ4n) is 2.85. The molecule has 0 aromatic heterocycles. The summed E-state index contributed by atoms with van der Waals surface area (Å²) in [6, 6.07) is 0.599. The van der Waals surface area contributed by atoms with Crippen LogP contribution in [0.1, 0.15) is 39.0 Å². The number of nitrogens with one attached hydrogen (secondary N) is 1. The maximum absolute atomic E-state index is 10.9. The Labute approximate surface area is 97.4 Å². The van der Waals surface area contributed by atoms with Crippen LogP contribution in [0.5, 0.6) is 0 Å². The number of ether oxygens (including phenoxy) is 1. The van der Waals surface area contributed by atoms with E-state index in [-0.39, 0.29) is 24.5 Å². The Morgan fingerprint density at radius 1 is 1.27 bits per heavy atom. The molecule has 1 heterocycles. The number of carbonyl (C=O) groups excluding carboxylic acids is 1. The average molecular weight is 234 g/mol. The van der Waals surface area contributed by atoms with Gasteiger partial charge in [-0.3, -0.25) is 4.79 Å². The Hall–Kier alpha value is -0.280. The van der Waals surface area contributed by atoms with Gasteiger partial charge < -0.3 is 10.1 Å². The Bertz CT molecular complexity index is 221. The summed E-state index contributed by atoms with van der Waals surface area (Å²) in [5.74, 6) is 0.447. The summed E-state index contributed by atoms with van der Waals surface area (Å²) in [5, 5.41) is 3.53. The molecule has 2 rings (SSSR count). The minimum atomic E-state index is -0.124. The van der Waals surface area contributed by atoms with Crippen molar-refractivity contribution in [2.45, 2.75) is 51.2 Å². The Kier molecular flexibility index (Phi) is 4.87. The van der Waals surface area contributed by atoms with Crippen molar-refractivity contribution in [3.8, 4) is 0 Å². The summed E-state index contributed by atoms with van der Waals surface area (Å²) in [4.78, 5) is 10.9. The van der Waals surface area contributed by atoms with E-state index in [1.807, 2.05) is 0 Å². The number of esters is 1. The van der Waals surface area contributed by atoms with Gasteiger partial charge in [-0.25, -0.2) is 0 Å². The van der Waals surface area contributed by atoms with Gasteiger partial charge in [0.25, 0.3) is 0 Å². The van der Waals surface area contributed by atoms with Crippen molar-refractivity contribution in [1.29, 1.82) is 0 Å². The highest BCUT2D eigenvalue weighted by molar-refractivity contribution is 5.85. The van der Waals surface area contributed by atoms with Crippen molar-refractivity contribution in [1.82, 2.24) is 5.32 Å². The van der Waals surface area contributed by atoms with Gasteiger partial charge >= 0.3 is 5.97 Å². The van der Waals surface area contributed by atoms with Gasteiger partial charge in [0.2, 0.25) is 0 Å². The minimum Gasteiger partial charge on any atom is -0.462 e. The lowest BCUT2D eigenvalue weighted by atomic mass is 9.77. The van der Waals surface area contributed by atoms with E-state index in [1.54, 1.807) is 0 Å². The molecular weight excluding hydrogens is 214 g/mol. The Balaban J connectivity index is 0.00000112. The smallest absolute Gasteiger partial charge is 0.302 e. The van der Waals surface area contributed by atoms with Crippen LogP contribution in [0.3, 0.4) is 0 Å². The highest BCUT2D eigenvalue weighted by Gasteiger charge is 2.36. The fourth-order valence-corrected chi connectivity index (χ4v) is 2.85. The zero-order chi connectivity index (χ0) is 9.97. The SMILES string of the molecule is CC(=O)OC1CCCC2NCCCC21.Cl. The van der Waals surface area contributed by atoms with Gasteiger partial charge in [-0.2, -0.15) is 0 Å². The summed E-state index contributed by atoms with van der Waals surface area (Å²) in [6.07, 6.45) is 6.12. The van der Waals surface area contributed by atoms with E-state index in [2.05, 4.69) is 5.32 Å². The lowest BCUT2D eigenvalue weighted by Gasteiger charge is -2.41. The molecule has 1 N–H and O–H groups in total. The van der Waals surface area contributed by atoms with Crippen molar-refractivity contribution in [2.24, 2.45) is 5.92 Å². The van der Waals surface area contributed by atoms with Gasteiger partial charge in [0.1, 0.15) is 6.10 Å². The van der Waals surface area contributed by atoms with Crippen LogP contribution in [0.25, 0.3) is 0 Å². The third-order valence-electron chi connectivity index (χ3n) is 3.44. The minimum absolute atomic E-state index is 0. The average Bonchev–Trinajstić information content (AvgIpc) is 2.18. The molecule has 2 fully saturated rings. The second-order valence-corrected chi connectivity index (χ2v) is 4.45. The first-order chi connectivity index (χ1) is 6.77. The van der Waals surface area contributed by atoms with E-state index in [1.165, 1.54) is 32.6 Å². The topological polar surface area (TPSA) is 38.3 Å². The van der Waals surface area contributed by atoms with Crippen molar-refractivity contribution >= 4 is 18.4 Å². The van der Waals surface area contributed by atoms with Crippen molar-refractivity contribution in [2.75, 3.05) is 6.54 Å². The fraction of sp³-hybridized carbons (Fsp3) is 0.909. The van der Waals surface area contributed by atoms with Gasteiger partial charge in [0.05, 0.1) is 0 Å². The zero-order valence-corrected chi connectivity index (χ0v) is 10.0. The number of piperidine rings is 1. The van der Waals surface area contributed by atoms with Gasteiger partial charge in [0.15, 0.2) is 0 Å². The molecule has 0 spiro atoms. The molecule has 2 aliphatic rings. The predicted molar refractivity (Wildman–Crippen MR) is 61.2 cm³/mol. The van der Waals surface area contributed by atoms with Crippen LogP contribution in [0.2, 0.25) is 0 Å². The molecule has 4 heteroatoms. The standard InChI is InChI=1S/C11H19NO2.ClH/c1-8(13)14-11-6-2-5-10-9(11)4-3-7-12-10;/h9-12H,2-7H2,1H3;1H. The van der Waals surface area contributed by atoms with E-state index in [0.717, 1.165) is 13.0 Å². The molecule has 3 atom stereocenters. The quantitative estimate of drug-likeness (QED) is 0.703. The molecule has 0 amide bonds. The Morgan fingerprint density at radius 3 is 2.80 bits per heavy atom. The van der Waals surface area contributed by atoms with Gasteiger partial charge in [-0.15, -0.1) is 12.4 Å². The van der Waals surface area contributed by atoms with Gasteiger partial charge in [-0.05, 0) is 38.6 Å². The molecule has 1 saturated carbocycles. The largest absolute Gasteiger partial charge is 0.462 e. The number of hydrogen-bond acceptors (Lipinski definition) is 3. The maximum Gasteiger partial charge on any atom is 0.302 e. The molecule has 1 saturated heterocycles. The second kappa shape index (κ2) is 5.71.